The van der Waals surface area contributed by atoms with Crippen molar-refractivity contribution in [2.24, 2.45) is 0 Å². The molecule has 0 radical (unpaired) electrons. The highest BCUT2D eigenvalue weighted by atomic mass is 35.5. The fourth-order valence-electron chi connectivity index (χ4n) is 3.28. The van der Waals surface area contributed by atoms with Gasteiger partial charge in [0.05, 0.1) is 4.90 Å². The number of ether oxygens (including phenoxy) is 1. The quantitative estimate of drug-likeness (QED) is 0.688. The summed E-state index contributed by atoms with van der Waals surface area (Å²) in [6, 6.07) is 6.23. The smallest absolute Gasteiger partial charge is 0.410 e. The molecule has 1 saturated heterocycles. The van der Waals surface area contributed by atoms with Gasteiger partial charge in [-0.25, -0.2) is 18.2 Å². The maximum absolute atomic E-state index is 13.4. The average Bonchev–Trinajstić information content (AvgIpc) is 2.60. The third-order valence-corrected chi connectivity index (χ3v) is 6.90. The summed E-state index contributed by atoms with van der Waals surface area (Å²) in [6.45, 7) is 7.92. The van der Waals surface area contributed by atoms with Crippen molar-refractivity contribution >= 4 is 38.5 Å². The Hall–Kier alpha value is -1.90. The highest BCUT2D eigenvalue weighted by Gasteiger charge is 2.37. The second-order valence-electron chi connectivity index (χ2n) is 7.84. The first-order valence-electron chi connectivity index (χ1n) is 9.04. The van der Waals surface area contributed by atoms with E-state index in [-0.39, 0.29) is 35.7 Å². The van der Waals surface area contributed by atoms with Gasteiger partial charge in [0, 0.05) is 42.6 Å². The first kappa shape index (κ1) is 20.8. The van der Waals surface area contributed by atoms with E-state index >= 15 is 0 Å². The molecule has 0 bridgehead atoms. The van der Waals surface area contributed by atoms with E-state index in [1.807, 2.05) is 0 Å². The van der Waals surface area contributed by atoms with Gasteiger partial charge in [0.25, 0.3) is 0 Å². The maximum Gasteiger partial charge on any atom is 0.410 e. The van der Waals surface area contributed by atoms with Crippen molar-refractivity contribution in [3.63, 3.8) is 0 Å². The lowest BCUT2D eigenvalue weighted by atomic mass is 10.2. The first-order chi connectivity index (χ1) is 13.0. The second kappa shape index (κ2) is 7.50. The third-order valence-electron chi connectivity index (χ3n) is 4.52. The Morgan fingerprint density at radius 3 is 2.57 bits per heavy atom. The molecule has 0 unspecified atom stereocenters. The van der Waals surface area contributed by atoms with Crippen molar-refractivity contribution in [2.45, 2.75) is 44.2 Å². The Kier molecular flexibility index (Phi) is 5.58. The number of rotatable bonds is 2. The van der Waals surface area contributed by atoms with Crippen LogP contribution in [0.3, 0.4) is 0 Å². The number of fused-ring (bicyclic) bond motifs is 1. The number of nitrogens with zero attached hydrogens (tertiary/aromatic N) is 3. The Morgan fingerprint density at radius 2 is 1.93 bits per heavy atom. The summed E-state index contributed by atoms with van der Waals surface area (Å²) in [4.78, 5) is 18.1. The topological polar surface area (TPSA) is 79.8 Å². The van der Waals surface area contributed by atoms with E-state index in [1.165, 1.54) is 10.5 Å². The number of benzene rings is 1. The van der Waals surface area contributed by atoms with Gasteiger partial charge >= 0.3 is 6.09 Å². The summed E-state index contributed by atoms with van der Waals surface area (Å²) in [5.41, 5.74) is -0.597. The number of amides is 1. The molecular weight excluding hydrogens is 402 g/mol. The highest BCUT2D eigenvalue weighted by molar-refractivity contribution is 7.89. The molecule has 152 valence electrons. The van der Waals surface area contributed by atoms with Crippen molar-refractivity contribution in [3.8, 4) is 0 Å². The van der Waals surface area contributed by atoms with Gasteiger partial charge in [0.1, 0.15) is 10.8 Å². The number of hydrogen-bond donors (Lipinski definition) is 0. The zero-order valence-corrected chi connectivity index (χ0v) is 17.9. The van der Waals surface area contributed by atoms with Crippen molar-refractivity contribution in [1.82, 2.24) is 14.2 Å². The average molecular weight is 426 g/mol. The first-order valence-corrected chi connectivity index (χ1v) is 10.9. The molecule has 1 aromatic heterocycles. The van der Waals surface area contributed by atoms with Gasteiger partial charge in [-0.05, 0) is 39.8 Å². The minimum absolute atomic E-state index is 0.187. The van der Waals surface area contributed by atoms with Crippen LogP contribution in [0.2, 0.25) is 5.15 Å². The Balaban J connectivity index is 1.87. The van der Waals surface area contributed by atoms with Crippen LogP contribution in [0.25, 0.3) is 10.8 Å². The van der Waals surface area contributed by atoms with E-state index in [1.54, 1.807) is 56.9 Å². The van der Waals surface area contributed by atoms with Gasteiger partial charge in [-0.1, -0.05) is 23.7 Å². The number of halogens is 1. The van der Waals surface area contributed by atoms with E-state index in [9.17, 15) is 13.2 Å². The van der Waals surface area contributed by atoms with Crippen LogP contribution in [-0.2, 0) is 14.8 Å². The van der Waals surface area contributed by atoms with Gasteiger partial charge in [-0.3, -0.25) is 0 Å². The standard InChI is InChI=1S/C19H24ClN3O4S/c1-13-12-22(18(24)27-19(2,3)4)10-11-23(13)28(25,26)16-7-5-6-15-14(16)8-9-21-17(15)20/h5-9,13H,10-12H2,1-4H3/t13-/m0/s1. The fourth-order valence-corrected chi connectivity index (χ4v) is 5.33. The van der Waals surface area contributed by atoms with Crippen LogP contribution in [0.5, 0.6) is 0 Å². The van der Waals surface area contributed by atoms with Gasteiger partial charge in [-0.2, -0.15) is 4.31 Å². The highest BCUT2D eigenvalue weighted by Crippen LogP contribution is 2.30. The molecule has 3 rings (SSSR count). The molecule has 28 heavy (non-hydrogen) atoms. The van der Waals surface area contributed by atoms with Gasteiger partial charge in [0.15, 0.2) is 0 Å². The van der Waals surface area contributed by atoms with E-state index in [0.717, 1.165) is 0 Å². The monoisotopic (exact) mass is 425 g/mol. The number of carbonyl (C=O) groups excluding carboxylic acids is 1. The van der Waals surface area contributed by atoms with Gasteiger partial charge in [-0.15, -0.1) is 0 Å². The molecule has 1 fully saturated rings. The zero-order chi connectivity index (χ0) is 20.7. The van der Waals surface area contributed by atoms with E-state index < -0.39 is 21.7 Å². The molecule has 1 aromatic carbocycles. The molecule has 2 aromatic rings. The normalized spacial score (nSPS) is 19.0. The summed E-state index contributed by atoms with van der Waals surface area (Å²) in [5, 5.41) is 1.38. The van der Waals surface area contributed by atoms with Crippen LogP contribution in [0.15, 0.2) is 35.4 Å². The van der Waals surface area contributed by atoms with Gasteiger partial charge < -0.3 is 9.64 Å². The Bertz CT molecular complexity index is 1000. The molecule has 0 saturated carbocycles. The second-order valence-corrected chi connectivity index (χ2v) is 10.1. The fraction of sp³-hybridized carbons (Fsp3) is 0.474. The SMILES string of the molecule is C[C@H]1CN(C(=O)OC(C)(C)C)CCN1S(=O)(=O)c1cccc2c(Cl)nccc12. The van der Waals surface area contributed by atoms with Crippen LogP contribution in [0, 0.1) is 0 Å². The van der Waals surface area contributed by atoms with Crippen LogP contribution in [-0.4, -0.2) is 60.0 Å². The number of piperazine rings is 1. The third kappa shape index (κ3) is 4.09. The lowest BCUT2D eigenvalue weighted by molar-refractivity contribution is 0.0143. The lowest BCUT2D eigenvalue weighted by Gasteiger charge is -2.39. The molecule has 9 heteroatoms. The Morgan fingerprint density at radius 1 is 1.21 bits per heavy atom. The summed E-state index contributed by atoms with van der Waals surface area (Å²) in [6.07, 6.45) is 1.06. The number of sulfonamides is 1. The predicted octanol–water partition coefficient (Wildman–Crippen LogP) is 3.52. The van der Waals surface area contributed by atoms with Crippen LogP contribution in [0.4, 0.5) is 4.79 Å². The summed E-state index contributed by atoms with van der Waals surface area (Å²) < 4.78 is 33.5. The van der Waals surface area contributed by atoms with Crippen molar-refractivity contribution in [2.75, 3.05) is 19.6 Å². The molecular formula is C19H24ClN3O4S. The molecule has 0 spiro atoms. The van der Waals surface area contributed by atoms with Crippen LogP contribution in [0.1, 0.15) is 27.7 Å². The minimum Gasteiger partial charge on any atom is -0.444 e. The van der Waals surface area contributed by atoms with E-state index in [0.29, 0.717) is 10.8 Å². The molecule has 1 aliphatic heterocycles. The lowest BCUT2D eigenvalue weighted by Crippen LogP contribution is -2.56. The molecule has 1 atom stereocenters. The van der Waals surface area contributed by atoms with Gasteiger partial charge in [0.2, 0.25) is 10.0 Å². The largest absolute Gasteiger partial charge is 0.444 e. The van der Waals surface area contributed by atoms with Crippen molar-refractivity contribution < 1.29 is 17.9 Å². The number of carbonyl (C=O) groups is 1. The summed E-state index contributed by atoms with van der Waals surface area (Å²) in [5.74, 6) is 0. The molecule has 1 amide bonds. The molecule has 0 N–H and O–H groups in total. The summed E-state index contributed by atoms with van der Waals surface area (Å²) >= 11 is 6.12. The zero-order valence-electron chi connectivity index (χ0n) is 16.3. The van der Waals surface area contributed by atoms with Crippen LogP contribution >= 0.6 is 11.6 Å². The predicted molar refractivity (Wildman–Crippen MR) is 108 cm³/mol. The molecule has 0 aliphatic carbocycles. The molecule has 7 nitrogen and oxygen atoms in total. The van der Waals surface area contributed by atoms with Crippen molar-refractivity contribution in [3.05, 3.63) is 35.6 Å². The molecule has 1 aliphatic rings. The molecule has 2 heterocycles. The minimum atomic E-state index is -3.77. The summed E-state index contributed by atoms with van der Waals surface area (Å²) in [7, 11) is -3.77. The Labute approximate surface area is 170 Å². The van der Waals surface area contributed by atoms with Crippen LogP contribution < -0.4 is 0 Å². The van der Waals surface area contributed by atoms with E-state index in [4.69, 9.17) is 16.3 Å². The number of aromatic nitrogens is 1. The number of hydrogen-bond acceptors (Lipinski definition) is 5. The van der Waals surface area contributed by atoms with Crippen molar-refractivity contribution in [1.29, 1.82) is 0 Å². The van der Waals surface area contributed by atoms with E-state index in [2.05, 4.69) is 4.98 Å². The number of pyridine rings is 1. The maximum atomic E-state index is 13.4.